The number of rotatable bonds is 2. The van der Waals surface area contributed by atoms with Crippen molar-refractivity contribution in [2.45, 2.75) is 45.8 Å². The van der Waals surface area contributed by atoms with Crippen molar-refractivity contribution >= 4 is 0 Å². The van der Waals surface area contributed by atoms with E-state index in [2.05, 4.69) is 33.0 Å². The molecule has 2 nitrogen and oxygen atoms in total. The average molecular weight is 171 g/mol. The normalized spacial score (nSPS) is 29.2. The zero-order valence-corrected chi connectivity index (χ0v) is 8.68. The van der Waals surface area contributed by atoms with Crippen LogP contribution in [0.4, 0.5) is 0 Å². The quantitative estimate of drug-likeness (QED) is 0.684. The first-order valence-electron chi connectivity index (χ1n) is 4.88. The molecule has 1 unspecified atom stereocenters. The van der Waals surface area contributed by atoms with Crippen LogP contribution in [-0.2, 0) is 4.74 Å². The van der Waals surface area contributed by atoms with Crippen molar-refractivity contribution < 1.29 is 4.74 Å². The molecule has 1 aliphatic heterocycles. The summed E-state index contributed by atoms with van der Waals surface area (Å²) in [4.78, 5) is 0. The first kappa shape index (κ1) is 10.0. The monoisotopic (exact) mass is 171 g/mol. The fourth-order valence-corrected chi connectivity index (χ4v) is 1.73. The number of hydrogen-bond donors (Lipinski definition) is 1. The molecule has 1 fully saturated rings. The minimum Gasteiger partial charge on any atom is -0.370 e. The molecule has 1 N–H and O–H groups in total. The van der Waals surface area contributed by atoms with Crippen molar-refractivity contribution in [3.05, 3.63) is 0 Å². The van der Waals surface area contributed by atoms with Gasteiger partial charge in [-0.25, -0.2) is 0 Å². The highest BCUT2D eigenvalue weighted by atomic mass is 16.5. The Hall–Kier alpha value is -0.0800. The van der Waals surface area contributed by atoms with Crippen LogP contribution in [0.5, 0.6) is 0 Å². The van der Waals surface area contributed by atoms with Gasteiger partial charge in [0, 0.05) is 13.1 Å². The van der Waals surface area contributed by atoms with E-state index in [1.54, 1.807) is 0 Å². The SMILES string of the molecule is CC(C)CC1CNCC(C)(C)O1. The van der Waals surface area contributed by atoms with Gasteiger partial charge in [0.1, 0.15) is 0 Å². The van der Waals surface area contributed by atoms with Gasteiger partial charge in [0.05, 0.1) is 11.7 Å². The molecule has 0 aromatic carbocycles. The minimum atomic E-state index is 0.0256. The molecule has 1 heterocycles. The standard InChI is InChI=1S/C10H21NO/c1-8(2)5-9-6-11-7-10(3,4)12-9/h8-9,11H,5-7H2,1-4H3. The summed E-state index contributed by atoms with van der Waals surface area (Å²) in [6.45, 7) is 10.8. The van der Waals surface area contributed by atoms with E-state index >= 15 is 0 Å². The molecular weight excluding hydrogens is 150 g/mol. The summed E-state index contributed by atoms with van der Waals surface area (Å²) in [6.07, 6.45) is 1.57. The third-order valence-electron chi connectivity index (χ3n) is 2.14. The van der Waals surface area contributed by atoms with Crippen LogP contribution in [0.25, 0.3) is 0 Å². The molecule has 0 aromatic rings. The fraction of sp³-hybridized carbons (Fsp3) is 1.00. The second kappa shape index (κ2) is 3.75. The van der Waals surface area contributed by atoms with E-state index in [9.17, 15) is 0 Å². The Morgan fingerprint density at radius 2 is 2.17 bits per heavy atom. The molecular formula is C10H21NO. The fourth-order valence-electron chi connectivity index (χ4n) is 1.73. The van der Waals surface area contributed by atoms with Crippen LogP contribution in [0.15, 0.2) is 0 Å². The summed E-state index contributed by atoms with van der Waals surface area (Å²) < 4.78 is 5.92. The highest BCUT2D eigenvalue weighted by Crippen LogP contribution is 2.19. The molecule has 0 saturated carbocycles. The first-order chi connectivity index (χ1) is 5.49. The number of morpholine rings is 1. The van der Waals surface area contributed by atoms with Crippen molar-refractivity contribution in [3.63, 3.8) is 0 Å². The van der Waals surface area contributed by atoms with E-state index in [-0.39, 0.29) is 5.60 Å². The maximum absolute atomic E-state index is 5.92. The Kier molecular flexibility index (Phi) is 3.13. The molecule has 0 aliphatic carbocycles. The van der Waals surface area contributed by atoms with Crippen LogP contribution in [0.3, 0.4) is 0 Å². The zero-order valence-electron chi connectivity index (χ0n) is 8.68. The molecule has 2 heteroatoms. The molecule has 0 aromatic heterocycles. The van der Waals surface area contributed by atoms with E-state index in [1.165, 1.54) is 0 Å². The predicted molar refractivity (Wildman–Crippen MR) is 51.3 cm³/mol. The second-order valence-electron chi connectivity index (χ2n) is 4.76. The Labute approximate surface area is 75.7 Å². The van der Waals surface area contributed by atoms with Crippen molar-refractivity contribution in [1.82, 2.24) is 5.32 Å². The lowest BCUT2D eigenvalue weighted by Crippen LogP contribution is -2.50. The molecule has 1 saturated heterocycles. The Morgan fingerprint density at radius 1 is 1.50 bits per heavy atom. The van der Waals surface area contributed by atoms with Crippen LogP contribution < -0.4 is 5.32 Å². The summed E-state index contributed by atoms with van der Waals surface area (Å²) >= 11 is 0. The first-order valence-corrected chi connectivity index (χ1v) is 4.88. The van der Waals surface area contributed by atoms with Gasteiger partial charge < -0.3 is 10.1 Å². The smallest absolute Gasteiger partial charge is 0.0754 e. The average Bonchev–Trinajstić information content (AvgIpc) is 1.82. The minimum absolute atomic E-state index is 0.0256. The molecule has 12 heavy (non-hydrogen) atoms. The van der Waals surface area contributed by atoms with Gasteiger partial charge in [-0.2, -0.15) is 0 Å². The molecule has 0 radical (unpaired) electrons. The van der Waals surface area contributed by atoms with E-state index < -0.39 is 0 Å². The molecule has 72 valence electrons. The highest BCUT2D eigenvalue weighted by Gasteiger charge is 2.28. The molecule has 0 amide bonds. The number of hydrogen-bond acceptors (Lipinski definition) is 2. The maximum Gasteiger partial charge on any atom is 0.0754 e. The molecule has 0 spiro atoms. The molecule has 1 atom stereocenters. The van der Waals surface area contributed by atoms with Gasteiger partial charge in [0.25, 0.3) is 0 Å². The highest BCUT2D eigenvalue weighted by molar-refractivity contribution is 4.81. The maximum atomic E-state index is 5.92. The largest absolute Gasteiger partial charge is 0.370 e. The Morgan fingerprint density at radius 3 is 2.67 bits per heavy atom. The van der Waals surface area contributed by atoms with Crippen molar-refractivity contribution in [2.24, 2.45) is 5.92 Å². The van der Waals surface area contributed by atoms with Crippen LogP contribution in [-0.4, -0.2) is 24.8 Å². The van der Waals surface area contributed by atoms with Gasteiger partial charge in [-0.1, -0.05) is 13.8 Å². The Balaban J connectivity index is 2.36. The van der Waals surface area contributed by atoms with Gasteiger partial charge >= 0.3 is 0 Å². The second-order valence-corrected chi connectivity index (χ2v) is 4.76. The number of ether oxygens (including phenoxy) is 1. The lowest BCUT2D eigenvalue weighted by atomic mass is 10.0. The van der Waals surface area contributed by atoms with Crippen LogP contribution >= 0.6 is 0 Å². The molecule has 1 rings (SSSR count). The van der Waals surface area contributed by atoms with Gasteiger partial charge in [-0.3, -0.25) is 0 Å². The van der Waals surface area contributed by atoms with Crippen molar-refractivity contribution in [2.75, 3.05) is 13.1 Å². The summed E-state index contributed by atoms with van der Waals surface area (Å²) in [5, 5.41) is 3.41. The summed E-state index contributed by atoms with van der Waals surface area (Å²) in [5.41, 5.74) is 0.0256. The van der Waals surface area contributed by atoms with Crippen LogP contribution in [0, 0.1) is 5.92 Å². The summed E-state index contributed by atoms with van der Waals surface area (Å²) in [7, 11) is 0. The summed E-state index contributed by atoms with van der Waals surface area (Å²) in [5.74, 6) is 0.727. The molecule has 0 bridgehead atoms. The van der Waals surface area contributed by atoms with E-state index in [0.29, 0.717) is 6.10 Å². The van der Waals surface area contributed by atoms with Crippen LogP contribution in [0.1, 0.15) is 34.1 Å². The van der Waals surface area contributed by atoms with Gasteiger partial charge in [0.2, 0.25) is 0 Å². The topological polar surface area (TPSA) is 21.3 Å². The van der Waals surface area contributed by atoms with Crippen LogP contribution in [0.2, 0.25) is 0 Å². The van der Waals surface area contributed by atoms with Gasteiger partial charge in [0.15, 0.2) is 0 Å². The lowest BCUT2D eigenvalue weighted by Gasteiger charge is -2.37. The Bertz CT molecular complexity index is 143. The predicted octanol–water partition coefficient (Wildman–Crippen LogP) is 1.80. The summed E-state index contributed by atoms with van der Waals surface area (Å²) in [6, 6.07) is 0. The number of nitrogens with one attached hydrogen (secondary N) is 1. The van der Waals surface area contributed by atoms with Gasteiger partial charge in [-0.15, -0.1) is 0 Å². The van der Waals surface area contributed by atoms with Crippen molar-refractivity contribution in [3.8, 4) is 0 Å². The lowest BCUT2D eigenvalue weighted by molar-refractivity contribution is -0.0998. The third kappa shape index (κ3) is 3.11. The van der Waals surface area contributed by atoms with E-state index in [4.69, 9.17) is 4.74 Å². The van der Waals surface area contributed by atoms with Gasteiger partial charge in [-0.05, 0) is 26.2 Å². The van der Waals surface area contributed by atoms with E-state index in [1.807, 2.05) is 0 Å². The van der Waals surface area contributed by atoms with Crippen molar-refractivity contribution in [1.29, 1.82) is 0 Å². The third-order valence-corrected chi connectivity index (χ3v) is 2.14. The molecule has 1 aliphatic rings. The van der Waals surface area contributed by atoms with E-state index in [0.717, 1.165) is 25.4 Å². The zero-order chi connectivity index (χ0) is 9.19.